The minimum Gasteiger partial charge on any atom is -0.278 e. The Morgan fingerprint density at radius 3 is 1.71 bits per heavy atom. The standard InChI is InChI=1S/C21H19ClN2/c1-15-13-19(14-16(2)20(15)22)23-24-21(17-9-5-3-6-10-17)18-11-7-4-8-12-18/h3-14,23H,1-2H3. The van der Waals surface area contributed by atoms with Crippen molar-refractivity contribution in [1.29, 1.82) is 0 Å². The van der Waals surface area contributed by atoms with Crippen molar-refractivity contribution in [3.63, 3.8) is 0 Å². The van der Waals surface area contributed by atoms with Crippen LogP contribution in [0.3, 0.4) is 0 Å². The Balaban J connectivity index is 1.99. The molecule has 2 nitrogen and oxygen atoms in total. The first kappa shape index (κ1) is 16.3. The van der Waals surface area contributed by atoms with E-state index in [0.717, 1.165) is 38.7 Å². The van der Waals surface area contributed by atoms with E-state index in [1.807, 2.05) is 62.4 Å². The van der Waals surface area contributed by atoms with Gasteiger partial charge in [0.05, 0.1) is 11.4 Å². The Kier molecular flexibility index (Phi) is 4.97. The SMILES string of the molecule is Cc1cc(NN=C(c2ccccc2)c2ccccc2)cc(C)c1Cl. The number of hydrazone groups is 1. The van der Waals surface area contributed by atoms with Gasteiger partial charge in [0.1, 0.15) is 0 Å². The third-order valence-electron chi connectivity index (χ3n) is 3.83. The van der Waals surface area contributed by atoms with Crippen molar-refractivity contribution in [2.24, 2.45) is 5.10 Å². The van der Waals surface area contributed by atoms with Gasteiger partial charge in [0.25, 0.3) is 0 Å². The van der Waals surface area contributed by atoms with Crippen molar-refractivity contribution in [2.45, 2.75) is 13.8 Å². The topological polar surface area (TPSA) is 24.4 Å². The van der Waals surface area contributed by atoms with Gasteiger partial charge in [-0.15, -0.1) is 0 Å². The van der Waals surface area contributed by atoms with Crippen LogP contribution in [-0.2, 0) is 0 Å². The summed E-state index contributed by atoms with van der Waals surface area (Å²) >= 11 is 6.24. The maximum atomic E-state index is 6.24. The number of halogens is 1. The predicted molar refractivity (Wildman–Crippen MR) is 103 cm³/mol. The number of aryl methyl sites for hydroxylation is 2. The summed E-state index contributed by atoms with van der Waals surface area (Å²) in [4.78, 5) is 0. The zero-order chi connectivity index (χ0) is 16.9. The quantitative estimate of drug-likeness (QED) is 0.471. The molecule has 3 rings (SSSR count). The first-order chi connectivity index (χ1) is 11.6. The third-order valence-corrected chi connectivity index (χ3v) is 4.42. The molecule has 0 saturated heterocycles. The Morgan fingerprint density at radius 1 is 0.792 bits per heavy atom. The highest BCUT2D eigenvalue weighted by molar-refractivity contribution is 6.32. The fraction of sp³-hybridized carbons (Fsp3) is 0.0952. The van der Waals surface area contributed by atoms with Crippen molar-refractivity contribution in [3.8, 4) is 0 Å². The lowest BCUT2D eigenvalue weighted by Crippen LogP contribution is -2.06. The predicted octanol–water partition coefficient (Wildman–Crippen LogP) is 5.82. The van der Waals surface area contributed by atoms with Gasteiger partial charge in [-0.25, -0.2) is 0 Å². The third kappa shape index (κ3) is 3.66. The van der Waals surface area contributed by atoms with Gasteiger partial charge in [-0.2, -0.15) is 5.10 Å². The lowest BCUT2D eigenvalue weighted by molar-refractivity contribution is 1.29. The summed E-state index contributed by atoms with van der Waals surface area (Å²) in [5.41, 5.74) is 9.22. The van der Waals surface area contributed by atoms with Crippen LogP contribution in [0.4, 0.5) is 5.69 Å². The van der Waals surface area contributed by atoms with E-state index in [0.29, 0.717) is 0 Å². The first-order valence-electron chi connectivity index (χ1n) is 7.86. The zero-order valence-electron chi connectivity index (χ0n) is 13.8. The molecule has 0 aliphatic heterocycles. The number of anilines is 1. The fourth-order valence-electron chi connectivity index (χ4n) is 2.62. The molecule has 0 aromatic heterocycles. The average Bonchev–Trinajstić information content (AvgIpc) is 2.61. The normalized spacial score (nSPS) is 10.3. The van der Waals surface area contributed by atoms with Crippen LogP contribution >= 0.6 is 11.6 Å². The van der Waals surface area contributed by atoms with Crippen molar-refractivity contribution in [3.05, 3.63) is 100 Å². The van der Waals surface area contributed by atoms with Gasteiger partial charge in [-0.3, -0.25) is 5.43 Å². The molecule has 0 aliphatic rings. The Labute approximate surface area is 147 Å². The monoisotopic (exact) mass is 334 g/mol. The van der Waals surface area contributed by atoms with Crippen molar-refractivity contribution < 1.29 is 0 Å². The number of hydrogen-bond donors (Lipinski definition) is 1. The fourth-order valence-corrected chi connectivity index (χ4v) is 2.73. The van der Waals surface area contributed by atoms with Gasteiger partial charge < -0.3 is 0 Å². The van der Waals surface area contributed by atoms with Gasteiger partial charge >= 0.3 is 0 Å². The van der Waals surface area contributed by atoms with Crippen molar-refractivity contribution in [2.75, 3.05) is 5.43 Å². The summed E-state index contributed by atoms with van der Waals surface area (Å²) in [5.74, 6) is 0. The van der Waals surface area contributed by atoms with Gasteiger partial charge in [0.15, 0.2) is 0 Å². The summed E-state index contributed by atoms with van der Waals surface area (Å²) in [6.07, 6.45) is 0. The van der Waals surface area contributed by atoms with E-state index in [4.69, 9.17) is 11.6 Å². The largest absolute Gasteiger partial charge is 0.278 e. The number of nitrogens with zero attached hydrogens (tertiary/aromatic N) is 1. The highest BCUT2D eigenvalue weighted by Gasteiger charge is 2.07. The van der Waals surface area contributed by atoms with E-state index < -0.39 is 0 Å². The van der Waals surface area contributed by atoms with Crippen LogP contribution in [0.15, 0.2) is 77.9 Å². The molecule has 1 N–H and O–H groups in total. The minimum atomic E-state index is 0.802. The van der Waals surface area contributed by atoms with Crippen LogP contribution in [0.25, 0.3) is 0 Å². The van der Waals surface area contributed by atoms with Gasteiger partial charge in [-0.1, -0.05) is 72.3 Å². The van der Waals surface area contributed by atoms with Gasteiger partial charge in [-0.05, 0) is 37.1 Å². The molecule has 0 saturated carbocycles. The molecule has 3 aromatic rings. The molecule has 0 fully saturated rings. The van der Waals surface area contributed by atoms with Crippen LogP contribution in [0.1, 0.15) is 22.3 Å². The molecular weight excluding hydrogens is 316 g/mol. The lowest BCUT2D eigenvalue weighted by Gasteiger charge is -2.10. The van der Waals surface area contributed by atoms with E-state index in [2.05, 4.69) is 34.8 Å². The van der Waals surface area contributed by atoms with Crippen LogP contribution in [0.2, 0.25) is 5.02 Å². The summed E-state index contributed by atoms with van der Waals surface area (Å²) in [5, 5.41) is 5.47. The molecular formula is C21H19ClN2. The molecule has 3 heteroatoms. The Bertz CT molecular complexity index is 791. The number of rotatable bonds is 4. The van der Waals surface area contributed by atoms with E-state index in [1.54, 1.807) is 0 Å². The summed E-state index contributed by atoms with van der Waals surface area (Å²) in [6, 6.07) is 24.3. The van der Waals surface area contributed by atoms with Crippen molar-refractivity contribution >= 4 is 23.0 Å². The highest BCUT2D eigenvalue weighted by Crippen LogP contribution is 2.24. The highest BCUT2D eigenvalue weighted by atomic mass is 35.5. The van der Waals surface area contributed by atoms with E-state index >= 15 is 0 Å². The van der Waals surface area contributed by atoms with E-state index in [9.17, 15) is 0 Å². The van der Waals surface area contributed by atoms with Gasteiger partial charge in [0.2, 0.25) is 0 Å². The first-order valence-corrected chi connectivity index (χ1v) is 8.24. The molecule has 120 valence electrons. The van der Waals surface area contributed by atoms with Crippen LogP contribution in [0.5, 0.6) is 0 Å². The summed E-state index contributed by atoms with van der Waals surface area (Å²) in [7, 11) is 0. The minimum absolute atomic E-state index is 0.802. The van der Waals surface area contributed by atoms with E-state index in [1.165, 1.54) is 0 Å². The smallest absolute Gasteiger partial charge is 0.0977 e. The second-order valence-electron chi connectivity index (χ2n) is 5.73. The number of benzene rings is 3. The lowest BCUT2D eigenvalue weighted by atomic mass is 10.0. The van der Waals surface area contributed by atoms with E-state index in [-0.39, 0.29) is 0 Å². The molecule has 0 heterocycles. The molecule has 0 spiro atoms. The molecule has 0 bridgehead atoms. The molecule has 0 atom stereocenters. The van der Waals surface area contributed by atoms with Crippen LogP contribution in [0, 0.1) is 13.8 Å². The molecule has 0 radical (unpaired) electrons. The average molecular weight is 335 g/mol. The van der Waals surface area contributed by atoms with Crippen LogP contribution < -0.4 is 5.43 Å². The second-order valence-corrected chi connectivity index (χ2v) is 6.11. The Morgan fingerprint density at radius 2 is 1.25 bits per heavy atom. The molecule has 0 unspecified atom stereocenters. The molecule has 0 aliphatic carbocycles. The maximum Gasteiger partial charge on any atom is 0.0977 e. The van der Waals surface area contributed by atoms with Gasteiger partial charge in [0, 0.05) is 16.1 Å². The second kappa shape index (κ2) is 7.33. The van der Waals surface area contributed by atoms with Crippen molar-refractivity contribution in [1.82, 2.24) is 0 Å². The summed E-state index contributed by atoms with van der Waals surface area (Å²) in [6.45, 7) is 4.00. The number of hydrogen-bond acceptors (Lipinski definition) is 2. The zero-order valence-corrected chi connectivity index (χ0v) is 14.5. The molecule has 24 heavy (non-hydrogen) atoms. The number of nitrogens with one attached hydrogen (secondary N) is 1. The molecule has 0 amide bonds. The molecule has 3 aromatic carbocycles. The summed E-state index contributed by atoms with van der Waals surface area (Å²) < 4.78 is 0. The van der Waals surface area contributed by atoms with Crippen LogP contribution in [-0.4, -0.2) is 5.71 Å². The Hall–Kier alpha value is -2.58. The maximum absolute atomic E-state index is 6.24.